The standard InChI is InChI=1S/C32H34ClFN4O3/c1-22-7-8-25(19-23(22)2)29-20-30(24-9-11-26(34)12-10-24)38(35-29)31(39)21-37(14-13-36-15-17-41-18-16-36)32(40)27-5-3-4-6-28(27)33/h3-12,19,30H,13-18,20-21H2,1-2H3/t30-/m0/s1. The maximum atomic E-state index is 14.0. The minimum absolute atomic E-state index is 0.171. The van der Waals surface area contributed by atoms with Crippen LogP contribution in [0.5, 0.6) is 0 Å². The Kier molecular flexibility index (Phi) is 9.12. The zero-order chi connectivity index (χ0) is 28.9. The zero-order valence-electron chi connectivity index (χ0n) is 23.4. The second-order valence-corrected chi connectivity index (χ2v) is 10.9. The highest BCUT2D eigenvalue weighted by molar-refractivity contribution is 6.33. The fraction of sp³-hybridized carbons (Fsp3) is 0.344. The highest BCUT2D eigenvalue weighted by Crippen LogP contribution is 2.33. The Morgan fingerprint density at radius 2 is 1.76 bits per heavy atom. The highest BCUT2D eigenvalue weighted by atomic mass is 35.5. The smallest absolute Gasteiger partial charge is 0.262 e. The first kappa shape index (κ1) is 28.9. The van der Waals surface area contributed by atoms with Gasteiger partial charge in [0.25, 0.3) is 11.8 Å². The average Bonchev–Trinajstić information content (AvgIpc) is 3.43. The molecule has 3 aromatic rings. The quantitative estimate of drug-likeness (QED) is 0.367. The number of hydrazone groups is 1. The van der Waals surface area contributed by atoms with Crippen LogP contribution in [0.3, 0.4) is 0 Å². The van der Waals surface area contributed by atoms with Crippen molar-refractivity contribution in [1.82, 2.24) is 14.8 Å². The maximum Gasteiger partial charge on any atom is 0.262 e. The van der Waals surface area contributed by atoms with Crippen molar-refractivity contribution in [3.8, 4) is 0 Å². The summed E-state index contributed by atoms with van der Waals surface area (Å²) in [6, 6.07) is 18.7. The van der Waals surface area contributed by atoms with Crippen molar-refractivity contribution in [3.05, 3.63) is 105 Å². The number of rotatable bonds is 8. The molecule has 0 N–H and O–H groups in total. The van der Waals surface area contributed by atoms with Crippen LogP contribution in [0.4, 0.5) is 4.39 Å². The van der Waals surface area contributed by atoms with E-state index in [-0.39, 0.29) is 24.2 Å². The predicted octanol–water partition coefficient (Wildman–Crippen LogP) is 5.25. The monoisotopic (exact) mass is 576 g/mol. The van der Waals surface area contributed by atoms with E-state index in [1.165, 1.54) is 22.7 Å². The van der Waals surface area contributed by atoms with Crippen LogP contribution in [0.25, 0.3) is 0 Å². The van der Waals surface area contributed by atoms with E-state index in [0.717, 1.165) is 35.5 Å². The van der Waals surface area contributed by atoms with E-state index in [2.05, 4.69) is 11.0 Å². The number of amides is 2. The third-order valence-electron chi connectivity index (χ3n) is 7.77. The van der Waals surface area contributed by atoms with Gasteiger partial charge >= 0.3 is 0 Å². The number of carbonyl (C=O) groups excluding carboxylic acids is 2. The number of ether oxygens (including phenoxy) is 1. The molecule has 2 heterocycles. The molecule has 214 valence electrons. The highest BCUT2D eigenvalue weighted by Gasteiger charge is 2.35. The van der Waals surface area contributed by atoms with E-state index in [0.29, 0.717) is 43.3 Å². The Balaban J connectivity index is 1.43. The molecule has 1 saturated heterocycles. The summed E-state index contributed by atoms with van der Waals surface area (Å²) in [5.41, 5.74) is 5.14. The minimum atomic E-state index is -0.420. The molecule has 0 radical (unpaired) electrons. The fourth-order valence-electron chi connectivity index (χ4n) is 5.16. The van der Waals surface area contributed by atoms with Crippen molar-refractivity contribution < 1.29 is 18.7 Å². The minimum Gasteiger partial charge on any atom is -0.379 e. The molecular formula is C32H34ClFN4O3. The molecule has 2 amide bonds. The topological polar surface area (TPSA) is 65.5 Å². The molecule has 5 rings (SSSR count). The molecular weight excluding hydrogens is 543 g/mol. The van der Waals surface area contributed by atoms with Crippen molar-refractivity contribution >= 4 is 29.1 Å². The lowest BCUT2D eigenvalue weighted by atomic mass is 9.96. The van der Waals surface area contributed by atoms with Gasteiger partial charge in [-0.25, -0.2) is 9.40 Å². The second-order valence-electron chi connectivity index (χ2n) is 10.5. The zero-order valence-corrected chi connectivity index (χ0v) is 24.1. The summed E-state index contributed by atoms with van der Waals surface area (Å²) in [5.74, 6) is -0.979. The van der Waals surface area contributed by atoms with Gasteiger partial charge in [-0.1, -0.05) is 48.0 Å². The Bertz CT molecular complexity index is 1440. The molecule has 41 heavy (non-hydrogen) atoms. The van der Waals surface area contributed by atoms with Gasteiger partial charge in [-0.15, -0.1) is 0 Å². The summed E-state index contributed by atoms with van der Waals surface area (Å²) in [4.78, 5) is 31.4. The van der Waals surface area contributed by atoms with Crippen molar-refractivity contribution in [2.75, 3.05) is 45.9 Å². The van der Waals surface area contributed by atoms with E-state index in [1.54, 1.807) is 41.3 Å². The molecule has 9 heteroatoms. The van der Waals surface area contributed by atoms with Gasteiger partial charge in [-0.2, -0.15) is 5.10 Å². The van der Waals surface area contributed by atoms with E-state index < -0.39 is 6.04 Å². The molecule has 0 aliphatic carbocycles. The van der Waals surface area contributed by atoms with Crippen LogP contribution in [-0.2, 0) is 9.53 Å². The van der Waals surface area contributed by atoms with Crippen LogP contribution in [0.15, 0.2) is 71.8 Å². The number of morpholine rings is 1. The van der Waals surface area contributed by atoms with Gasteiger partial charge in [0, 0.05) is 32.6 Å². The number of aryl methyl sites for hydroxylation is 2. The van der Waals surface area contributed by atoms with Gasteiger partial charge in [-0.05, 0) is 66.4 Å². The first-order chi connectivity index (χ1) is 19.8. The molecule has 7 nitrogen and oxygen atoms in total. The summed E-state index contributed by atoms with van der Waals surface area (Å²) < 4.78 is 19.2. The van der Waals surface area contributed by atoms with Gasteiger partial charge in [0.2, 0.25) is 0 Å². The molecule has 0 spiro atoms. The molecule has 0 bridgehead atoms. The Labute approximate surface area is 245 Å². The van der Waals surface area contributed by atoms with Crippen molar-refractivity contribution in [2.45, 2.75) is 26.3 Å². The van der Waals surface area contributed by atoms with Crippen LogP contribution in [0.1, 0.15) is 45.1 Å². The number of benzene rings is 3. The lowest BCUT2D eigenvalue weighted by molar-refractivity contribution is -0.133. The van der Waals surface area contributed by atoms with Crippen LogP contribution >= 0.6 is 11.6 Å². The Morgan fingerprint density at radius 1 is 1.02 bits per heavy atom. The normalized spacial score (nSPS) is 17.4. The number of nitrogens with zero attached hydrogens (tertiary/aromatic N) is 4. The molecule has 2 aliphatic heterocycles. The lowest BCUT2D eigenvalue weighted by Gasteiger charge is -2.31. The van der Waals surface area contributed by atoms with E-state index in [4.69, 9.17) is 21.4 Å². The summed E-state index contributed by atoms with van der Waals surface area (Å²) in [7, 11) is 0. The molecule has 1 fully saturated rings. The van der Waals surface area contributed by atoms with Gasteiger partial charge in [0.15, 0.2) is 0 Å². The third-order valence-corrected chi connectivity index (χ3v) is 8.10. The molecule has 0 unspecified atom stereocenters. The van der Waals surface area contributed by atoms with Crippen LogP contribution in [-0.4, -0.2) is 78.3 Å². The Hall–Kier alpha value is -3.59. The SMILES string of the molecule is Cc1ccc(C2=NN(C(=O)CN(CCN3CCOCC3)C(=O)c3ccccc3Cl)[C@H](c3ccc(F)cc3)C2)cc1C. The molecule has 1 atom stereocenters. The van der Waals surface area contributed by atoms with Crippen molar-refractivity contribution in [2.24, 2.45) is 5.10 Å². The number of halogens is 2. The summed E-state index contributed by atoms with van der Waals surface area (Å²) in [6.45, 7) is 7.69. The average molecular weight is 577 g/mol. The van der Waals surface area contributed by atoms with Crippen molar-refractivity contribution in [1.29, 1.82) is 0 Å². The van der Waals surface area contributed by atoms with Gasteiger partial charge in [0.05, 0.1) is 35.6 Å². The third kappa shape index (κ3) is 6.84. The lowest BCUT2D eigenvalue weighted by Crippen LogP contribution is -2.46. The van der Waals surface area contributed by atoms with Crippen LogP contribution < -0.4 is 0 Å². The fourth-order valence-corrected chi connectivity index (χ4v) is 5.38. The first-order valence-electron chi connectivity index (χ1n) is 13.9. The largest absolute Gasteiger partial charge is 0.379 e. The van der Waals surface area contributed by atoms with Crippen molar-refractivity contribution in [3.63, 3.8) is 0 Å². The van der Waals surface area contributed by atoms with E-state index in [1.807, 2.05) is 26.0 Å². The Morgan fingerprint density at radius 3 is 2.46 bits per heavy atom. The second kappa shape index (κ2) is 12.9. The maximum absolute atomic E-state index is 14.0. The van der Waals surface area contributed by atoms with Gasteiger partial charge in [0.1, 0.15) is 12.4 Å². The van der Waals surface area contributed by atoms with Crippen LogP contribution in [0.2, 0.25) is 5.02 Å². The number of hydrogen-bond donors (Lipinski definition) is 0. The van der Waals surface area contributed by atoms with Gasteiger partial charge in [-0.3, -0.25) is 14.5 Å². The molecule has 2 aliphatic rings. The molecule has 0 saturated carbocycles. The molecule has 0 aromatic heterocycles. The summed E-state index contributed by atoms with van der Waals surface area (Å²) >= 11 is 6.38. The predicted molar refractivity (Wildman–Crippen MR) is 158 cm³/mol. The number of carbonyl (C=O) groups is 2. The van der Waals surface area contributed by atoms with Crippen LogP contribution in [0, 0.1) is 19.7 Å². The van der Waals surface area contributed by atoms with E-state index >= 15 is 0 Å². The van der Waals surface area contributed by atoms with Gasteiger partial charge < -0.3 is 9.64 Å². The molecule has 3 aromatic carbocycles. The number of hydrogen-bond acceptors (Lipinski definition) is 5. The summed E-state index contributed by atoms with van der Waals surface area (Å²) in [6.07, 6.45) is 0.478. The summed E-state index contributed by atoms with van der Waals surface area (Å²) in [5, 5.41) is 6.57. The van der Waals surface area contributed by atoms with E-state index in [9.17, 15) is 14.0 Å². The first-order valence-corrected chi connectivity index (χ1v) is 14.2.